The molecule has 20 heavy (non-hydrogen) atoms. The van der Waals surface area contributed by atoms with Crippen LogP contribution in [-0.4, -0.2) is 36.7 Å². The molecule has 0 amide bonds. The molecule has 1 fully saturated rings. The molecule has 0 aromatic heterocycles. The van der Waals surface area contributed by atoms with E-state index in [1.54, 1.807) is 0 Å². The zero-order valence-electron chi connectivity index (χ0n) is 12.7. The molecule has 0 radical (unpaired) electrons. The smallest absolute Gasteiger partial charge is 0.122 e. The largest absolute Gasteiger partial charge is 0.492 e. The van der Waals surface area contributed by atoms with Crippen molar-refractivity contribution >= 4 is 0 Å². The molecule has 1 N–H and O–H groups in total. The first-order chi connectivity index (χ1) is 9.75. The van der Waals surface area contributed by atoms with Crippen molar-refractivity contribution in [2.24, 2.45) is 0 Å². The van der Waals surface area contributed by atoms with Crippen molar-refractivity contribution in [2.45, 2.75) is 51.7 Å². The lowest BCUT2D eigenvalue weighted by Crippen LogP contribution is -2.39. The maximum atomic E-state index is 6.20. The molecule has 3 heteroatoms. The second-order valence-corrected chi connectivity index (χ2v) is 6.26. The van der Waals surface area contributed by atoms with Gasteiger partial charge in [0.15, 0.2) is 0 Å². The van der Waals surface area contributed by atoms with Crippen LogP contribution in [0.3, 0.4) is 0 Å². The second-order valence-electron chi connectivity index (χ2n) is 6.26. The number of rotatable bonds is 4. The Balaban J connectivity index is 1.67. The van der Waals surface area contributed by atoms with Gasteiger partial charge in [0.1, 0.15) is 12.4 Å². The van der Waals surface area contributed by atoms with Gasteiger partial charge in [-0.1, -0.05) is 12.1 Å². The van der Waals surface area contributed by atoms with Crippen LogP contribution in [0.1, 0.15) is 37.8 Å². The van der Waals surface area contributed by atoms with E-state index < -0.39 is 0 Å². The van der Waals surface area contributed by atoms with Crippen LogP contribution in [0.25, 0.3) is 0 Å². The minimum Gasteiger partial charge on any atom is -0.492 e. The van der Waals surface area contributed by atoms with Gasteiger partial charge in [-0.2, -0.15) is 0 Å². The van der Waals surface area contributed by atoms with E-state index in [-0.39, 0.29) is 0 Å². The number of hydrogen-bond acceptors (Lipinski definition) is 3. The maximum absolute atomic E-state index is 6.20. The molecule has 2 aliphatic heterocycles. The predicted molar refractivity (Wildman–Crippen MR) is 82.2 cm³/mol. The number of nitrogens with one attached hydrogen (secondary N) is 1. The van der Waals surface area contributed by atoms with Crippen LogP contribution in [0.2, 0.25) is 0 Å². The molecule has 3 nitrogen and oxygen atoms in total. The molecule has 1 atom stereocenters. The van der Waals surface area contributed by atoms with E-state index in [0.29, 0.717) is 12.1 Å². The van der Waals surface area contributed by atoms with Gasteiger partial charge < -0.3 is 10.1 Å². The number of nitrogens with zero attached hydrogens (tertiary/aromatic N) is 1. The Morgan fingerprint density at radius 1 is 1.40 bits per heavy atom. The van der Waals surface area contributed by atoms with Gasteiger partial charge in [0, 0.05) is 18.6 Å². The van der Waals surface area contributed by atoms with E-state index in [2.05, 4.69) is 42.3 Å². The van der Waals surface area contributed by atoms with E-state index in [0.717, 1.165) is 31.9 Å². The fourth-order valence-electron chi connectivity index (χ4n) is 3.53. The van der Waals surface area contributed by atoms with Gasteiger partial charge in [-0.25, -0.2) is 0 Å². The van der Waals surface area contributed by atoms with Gasteiger partial charge in [0.2, 0.25) is 0 Å². The van der Waals surface area contributed by atoms with Gasteiger partial charge in [0.05, 0.1) is 0 Å². The van der Waals surface area contributed by atoms with Gasteiger partial charge in [-0.3, -0.25) is 4.90 Å². The van der Waals surface area contributed by atoms with Crippen LogP contribution < -0.4 is 10.1 Å². The van der Waals surface area contributed by atoms with E-state index in [1.807, 2.05) is 0 Å². The molecule has 2 heterocycles. The van der Waals surface area contributed by atoms with Crippen LogP contribution in [0.4, 0.5) is 0 Å². The van der Waals surface area contributed by atoms with Crippen molar-refractivity contribution in [2.75, 3.05) is 19.7 Å². The zero-order chi connectivity index (χ0) is 13.9. The average Bonchev–Trinajstić information content (AvgIpc) is 2.93. The van der Waals surface area contributed by atoms with Crippen LogP contribution in [0.15, 0.2) is 18.2 Å². The van der Waals surface area contributed by atoms with Gasteiger partial charge in [-0.15, -0.1) is 0 Å². The quantitative estimate of drug-likeness (QED) is 0.913. The van der Waals surface area contributed by atoms with Crippen molar-refractivity contribution in [1.29, 1.82) is 0 Å². The Bertz CT molecular complexity index is 458. The number of benzene rings is 1. The van der Waals surface area contributed by atoms with Crippen molar-refractivity contribution in [3.8, 4) is 5.75 Å². The lowest BCUT2D eigenvalue weighted by atomic mass is 10.0. The topological polar surface area (TPSA) is 24.5 Å². The molecule has 110 valence electrons. The summed E-state index contributed by atoms with van der Waals surface area (Å²) in [7, 11) is 0. The first-order valence-electron chi connectivity index (χ1n) is 7.95. The van der Waals surface area contributed by atoms with E-state index in [1.165, 1.54) is 30.5 Å². The lowest BCUT2D eigenvalue weighted by Gasteiger charge is -2.29. The monoisotopic (exact) mass is 274 g/mol. The van der Waals surface area contributed by atoms with Crippen LogP contribution in [0, 0.1) is 0 Å². The average molecular weight is 274 g/mol. The molecule has 0 spiro atoms. The lowest BCUT2D eigenvalue weighted by molar-refractivity contribution is 0.143. The Kier molecular flexibility index (Phi) is 4.27. The molecular formula is C17H26N2O. The summed E-state index contributed by atoms with van der Waals surface area (Å²) in [6.45, 7) is 8.68. The molecule has 3 rings (SSSR count). The van der Waals surface area contributed by atoms with Gasteiger partial charge in [-0.05, 0) is 63.4 Å². The summed E-state index contributed by atoms with van der Waals surface area (Å²) in [4.78, 5) is 2.58. The Labute approximate surface area is 122 Å². The molecular weight excluding hydrogens is 248 g/mol. The molecule has 0 aliphatic carbocycles. The van der Waals surface area contributed by atoms with E-state index >= 15 is 0 Å². The highest BCUT2D eigenvalue weighted by Gasteiger charge is 2.27. The summed E-state index contributed by atoms with van der Waals surface area (Å²) in [6, 6.07) is 7.69. The molecule has 1 saturated heterocycles. The fraction of sp³-hybridized carbons (Fsp3) is 0.647. The van der Waals surface area contributed by atoms with Crippen molar-refractivity contribution in [3.05, 3.63) is 29.3 Å². The number of fused-ring (bicyclic) bond motifs is 1. The highest BCUT2D eigenvalue weighted by molar-refractivity contribution is 5.41. The third kappa shape index (κ3) is 2.84. The van der Waals surface area contributed by atoms with E-state index in [9.17, 15) is 0 Å². The number of hydrogen-bond donors (Lipinski definition) is 1. The summed E-state index contributed by atoms with van der Waals surface area (Å²) in [5, 5.41) is 3.42. The highest BCUT2D eigenvalue weighted by atomic mass is 16.5. The summed E-state index contributed by atoms with van der Waals surface area (Å²) >= 11 is 0. The predicted octanol–water partition coefficient (Wildman–Crippen LogP) is 2.58. The third-order valence-electron chi connectivity index (χ3n) is 4.61. The number of likely N-dealkylation sites (tertiary alicyclic amines) is 1. The van der Waals surface area contributed by atoms with Crippen molar-refractivity contribution < 1.29 is 4.74 Å². The van der Waals surface area contributed by atoms with Crippen LogP contribution in [0.5, 0.6) is 5.75 Å². The number of ether oxygens (including phenoxy) is 1. The molecule has 0 saturated carbocycles. The van der Waals surface area contributed by atoms with Crippen LogP contribution >= 0.6 is 0 Å². The minimum atomic E-state index is 0.590. The summed E-state index contributed by atoms with van der Waals surface area (Å²) in [6.07, 6.45) is 3.67. The minimum absolute atomic E-state index is 0.590. The first-order valence-corrected chi connectivity index (χ1v) is 7.95. The molecule has 1 aromatic rings. The molecule has 1 aromatic carbocycles. The first kappa shape index (κ1) is 13.9. The van der Waals surface area contributed by atoms with Crippen LogP contribution in [-0.2, 0) is 13.0 Å². The molecule has 2 aliphatic rings. The summed E-state index contributed by atoms with van der Waals surface area (Å²) < 4.78 is 6.20. The Hall–Kier alpha value is -1.06. The molecule has 1 unspecified atom stereocenters. The van der Waals surface area contributed by atoms with E-state index in [4.69, 9.17) is 4.74 Å². The second kappa shape index (κ2) is 6.15. The standard InChI is InChI=1S/C17H26N2O/c1-13(2)19-10-4-6-15(19)12-20-17-7-3-5-14-11-18-9-8-16(14)17/h3,5,7,13,15,18H,4,6,8-12H2,1-2H3. The highest BCUT2D eigenvalue weighted by Crippen LogP contribution is 2.27. The van der Waals surface area contributed by atoms with Crippen molar-refractivity contribution in [3.63, 3.8) is 0 Å². The summed E-state index contributed by atoms with van der Waals surface area (Å²) in [5.74, 6) is 1.11. The summed E-state index contributed by atoms with van der Waals surface area (Å²) in [5.41, 5.74) is 2.82. The van der Waals surface area contributed by atoms with Gasteiger partial charge >= 0.3 is 0 Å². The maximum Gasteiger partial charge on any atom is 0.122 e. The Morgan fingerprint density at radius 3 is 3.15 bits per heavy atom. The normalized spacial score (nSPS) is 23.1. The third-order valence-corrected chi connectivity index (χ3v) is 4.61. The Morgan fingerprint density at radius 2 is 2.30 bits per heavy atom. The SMILES string of the molecule is CC(C)N1CCCC1COc1cccc2c1CCNC2. The van der Waals surface area contributed by atoms with Gasteiger partial charge in [0.25, 0.3) is 0 Å². The zero-order valence-corrected chi connectivity index (χ0v) is 12.7. The molecule has 0 bridgehead atoms. The van der Waals surface area contributed by atoms with Crippen molar-refractivity contribution in [1.82, 2.24) is 10.2 Å². The fourth-order valence-corrected chi connectivity index (χ4v) is 3.53.